The second-order valence-corrected chi connectivity index (χ2v) is 3.28. The van der Waals surface area contributed by atoms with E-state index in [9.17, 15) is 9.59 Å². The molecule has 8 heteroatoms. The van der Waals surface area contributed by atoms with Crippen molar-refractivity contribution in [2.75, 3.05) is 5.32 Å². The van der Waals surface area contributed by atoms with Gasteiger partial charge in [-0.15, -0.1) is 5.10 Å². The summed E-state index contributed by atoms with van der Waals surface area (Å²) in [5, 5.41) is 18.3. The van der Waals surface area contributed by atoms with E-state index in [1.54, 1.807) is 24.1 Å². The van der Waals surface area contributed by atoms with Gasteiger partial charge in [0.15, 0.2) is 0 Å². The fourth-order valence-corrected chi connectivity index (χ4v) is 1.27. The lowest BCUT2D eigenvalue weighted by Gasteiger charge is -2.03. The quantitative estimate of drug-likeness (QED) is 0.766. The van der Waals surface area contributed by atoms with Gasteiger partial charge in [0.1, 0.15) is 5.69 Å². The molecule has 0 radical (unpaired) electrons. The molecule has 0 saturated heterocycles. The van der Waals surface area contributed by atoms with E-state index in [1.165, 1.54) is 16.9 Å². The molecule has 0 fully saturated rings. The van der Waals surface area contributed by atoms with Gasteiger partial charge in [0.2, 0.25) is 11.2 Å². The van der Waals surface area contributed by atoms with Gasteiger partial charge in [0, 0.05) is 19.3 Å². The third-order valence-corrected chi connectivity index (χ3v) is 1.99. The molecule has 17 heavy (non-hydrogen) atoms. The van der Waals surface area contributed by atoms with Crippen LogP contribution < -0.4 is 10.7 Å². The van der Waals surface area contributed by atoms with Crippen LogP contribution in [0.4, 0.5) is 10.6 Å². The molecule has 0 saturated carbocycles. The van der Waals surface area contributed by atoms with Crippen LogP contribution in [-0.2, 0) is 7.05 Å². The van der Waals surface area contributed by atoms with E-state index in [-0.39, 0.29) is 5.82 Å². The van der Waals surface area contributed by atoms with Crippen LogP contribution in [0.1, 0.15) is 0 Å². The van der Waals surface area contributed by atoms with E-state index < -0.39 is 11.5 Å². The van der Waals surface area contributed by atoms with Crippen LogP contribution in [0.5, 0.6) is 0 Å². The van der Waals surface area contributed by atoms with Gasteiger partial charge >= 0.3 is 6.09 Å². The SMILES string of the molecule is Cn1cc(-n2ccc(=O)c(NC(=O)O)n2)cn1. The summed E-state index contributed by atoms with van der Waals surface area (Å²) in [6, 6.07) is 1.23. The van der Waals surface area contributed by atoms with E-state index in [0.29, 0.717) is 5.69 Å². The molecule has 0 aliphatic heterocycles. The number of carbonyl (C=O) groups is 1. The van der Waals surface area contributed by atoms with Crippen LogP contribution >= 0.6 is 0 Å². The minimum atomic E-state index is -1.33. The van der Waals surface area contributed by atoms with Crippen molar-refractivity contribution in [3.8, 4) is 5.69 Å². The Kier molecular flexibility index (Phi) is 2.61. The zero-order valence-electron chi connectivity index (χ0n) is 8.86. The topological polar surface area (TPSA) is 102 Å². The summed E-state index contributed by atoms with van der Waals surface area (Å²) >= 11 is 0. The van der Waals surface area contributed by atoms with Gasteiger partial charge in [-0.25, -0.2) is 9.48 Å². The lowest BCUT2D eigenvalue weighted by Crippen LogP contribution is -2.20. The minimum absolute atomic E-state index is 0.246. The highest BCUT2D eigenvalue weighted by molar-refractivity contribution is 5.81. The summed E-state index contributed by atoms with van der Waals surface area (Å²) in [6.45, 7) is 0. The Balaban J connectivity index is 2.43. The van der Waals surface area contributed by atoms with Crippen LogP contribution in [0.25, 0.3) is 5.69 Å². The maximum Gasteiger partial charge on any atom is 0.410 e. The fraction of sp³-hybridized carbons (Fsp3) is 0.111. The molecule has 0 spiro atoms. The van der Waals surface area contributed by atoms with Crippen molar-refractivity contribution < 1.29 is 9.90 Å². The first-order valence-electron chi connectivity index (χ1n) is 4.65. The van der Waals surface area contributed by atoms with E-state index in [2.05, 4.69) is 10.2 Å². The largest absolute Gasteiger partial charge is 0.465 e. The van der Waals surface area contributed by atoms with Crippen LogP contribution in [0.2, 0.25) is 0 Å². The summed E-state index contributed by atoms with van der Waals surface area (Å²) in [5.74, 6) is -0.246. The Hall–Kier alpha value is -2.64. The Morgan fingerprint density at radius 3 is 2.88 bits per heavy atom. The molecule has 0 atom stereocenters. The Morgan fingerprint density at radius 1 is 1.53 bits per heavy atom. The van der Waals surface area contributed by atoms with Gasteiger partial charge in [-0.3, -0.25) is 14.8 Å². The molecule has 0 bridgehead atoms. The van der Waals surface area contributed by atoms with Gasteiger partial charge in [0.05, 0.1) is 12.4 Å². The monoisotopic (exact) mass is 235 g/mol. The summed E-state index contributed by atoms with van der Waals surface area (Å²) in [5.41, 5.74) is 0.133. The Labute approximate surface area is 95.1 Å². The number of hydrogen-bond acceptors (Lipinski definition) is 4. The molecule has 88 valence electrons. The molecular weight excluding hydrogens is 226 g/mol. The number of rotatable bonds is 2. The van der Waals surface area contributed by atoms with Crippen molar-refractivity contribution in [1.82, 2.24) is 19.6 Å². The van der Waals surface area contributed by atoms with Crippen LogP contribution in [0, 0.1) is 0 Å². The van der Waals surface area contributed by atoms with Crippen molar-refractivity contribution >= 4 is 11.9 Å². The molecule has 1 amide bonds. The number of aromatic nitrogens is 4. The number of nitrogens with one attached hydrogen (secondary N) is 1. The molecule has 0 aliphatic rings. The molecule has 2 aromatic heterocycles. The second kappa shape index (κ2) is 4.08. The summed E-state index contributed by atoms with van der Waals surface area (Å²) in [6.07, 6.45) is 3.33. The molecule has 2 N–H and O–H groups in total. The molecule has 2 aromatic rings. The first-order chi connectivity index (χ1) is 8.06. The van der Waals surface area contributed by atoms with Gasteiger partial charge in [-0.1, -0.05) is 0 Å². The third-order valence-electron chi connectivity index (χ3n) is 1.99. The maximum atomic E-state index is 11.3. The summed E-state index contributed by atoms with van der Waals surface area (Å²) in [4.78, 5) is 21.8. The Bertz CT molecular complexity index is 615. The zero-order valence-corrected chi connectivity index (χ0v) is 8.86. The minimum Gasteiger partial charge on any atom is -0.465 e. The Morgan fingerprint density at radius 2 is 2.29 bits per heavy atom. The lowest BCUT2D eigenvalue weighted by molar-refractivity contribution is 0.209. The molecular formula is C9H9N5O3. The van der Waals surface area contributed by atoms with Crippen molar-refractivity contribution in [2.24, 2.45) is 7.05 Å². The number of amides is 1. The van der Waals surface area contributed by atoms with Gasteiger partial charge in [-0.05, 0) is 0 Å². The fourth-order valence-electron chi connectivity index (χ4n) is 1.27. The van der Waals surface area contributed by atoms with Gasteiger partial charge < -0.3 is 5.11 Å². The molecule has 0 unspecified atom stereocenters. The standard InChI is InChI=1S/C9H9N5O3/c1-13-5-6(4-10-13)14-3-2-7(15)8(12-14)11-9(16)17/h2-5H,1H3,(H,11,12)(H,16,17). The van der Waals surface area contributed by atoms with Gasteiger partial charge in [0.25, 0.3) is 0 Å². The number of carboxylic acid groups (broad SMARTS) is 1. The van der Waals surface area contributed by atoms with Crippen LogP contribution in [-0.4, -0.2) is 30.8 Å². The molecule has 0 aliphatic carbocycles. The molecule has 2 rings (SSSR count). The number of aryl methyl sites for hydroxylation is 1. The number of nitrogens with zero attached hydrogens (tertiary/aromatic N) is 4. The molecule has 0 aromatic carbocycles. The van der Waals surface area contributed by atoms with E-state index >= 15 is 0 Å². The van der Waals surface area contributed by atoms with Gasteiger partial charge in [-0.2, -0.15) is 5.10 Å². The first-order valence-corrected chi connectivity index (χ1v) is 4.65. The average Bonchev–Trinajstić information content (AvgIpc) is 2.67. The van der Waals surface area contributed by atoms with Crippen molar-refractivity contribution in [2.45, 2.75) is 0 Å². The predicted molar refractivity (Wildman–Crippen MR) is 58.2 cm³/mol. The van der Waals surface area contributed by atoms with E-state index in [4.69, 9.17) is 5.11 Å². The third kappa shape index (κ3) is 2.30. The van der Waals surface area contributed by atoms with Crippen molar-refractivity contribution in [3.63, 3.8) is 0 Å². The van der Waals surface area contributed by atoms with E-state index in [0.717, 1.165) is 0 Å². The molecule has 8 nitrogen and oxygen atoms in total. The predicted octanol–water partition coefficient (Wildman–Crippen LogP) is 0.0559. The first kappa shape index (κ1) is 10.9. The highest BCUT2D eigenvalue weighted by Gasteiger charge is 2.07. The van der Waals surface area contributed by atoms with E-state index in [1.807, 2.05) is 5.32 Å². The molecule has 2 heterocycles. The normalized spacial score (nSPS) is 10.2. The summed E-state index contributed by atoms with van der Waals surface area (Å²) < 4.78 is 2.93. The second-order valence-electron chi connectivity index (χ2n) is 3.28. The number of hydrogen-bond donors (Lipinski definition) is 2. The highest BCUT2D eigenvalue weighted by Crippen LogP contribution is 2.03. The van der Waals surface area contributed by atoms with Crippen molar-refractivity contribution in [3.05, 3.63) is 34.9 Å². The van der Waals surface area contributed by atoms with Crippen molar-refractivity contribution in [1.29, 1.82) is 0 Å². The summed E-state index contributed by atoms with van der Waals surface area (Å²) in [7, 11) is 1.74. The highest BCUT2D eigenvalue weighted by atomic mass is 16.4. The zero-order chi connectivity index (χ0) is 12.4. The van der Waals surface area contributed by atoms with Crippen LogP contribution in [0.15, 0.2) is 29.5 Å². The smallest absolute Gasteiger partial charge is 0.410 e. The maximum absolute atomic E-state index is 11.3. The number of anilines is 1. The lowest BCUT2D eigenvalue weighted by atomic mass is 10.5. The average molecular weight is 235 g/mol. The van der Waals surface area contributed by atoms with Crippen LogP contribution in [0.3, 0.4) is 0 Å².